The first kappa shape index (κ1) is 24.3. The number of ether oxygens (including phenoxy) is 1. The number of methoxy groups -OCH3 is 1. The first-order chi connectivity index (χ1) is 18.0. The second kappa shape index (κ2) is 10.7. The van der Waals surface area contributed by atoms with Crippen molar-refractivity contribution in [1.82, 2.24) is 29.2 Å². The van der Waals surface area contributed by atoms with Crippen LogP contribution >= 0.6 is 0 Å². The van der Waals surface area contributed by atoms with Gasteiger partial charge in [0.05, 0.1) is 24.3 Å². The van der Waals surface area contributed by atoms with Gasteiger partial charge in [-0.2, -0.15) is 0 Å². The molecule has 5 rings (SSSR count). The zero-order chi connectivity index (χ0) is 25.8. The molecule has 11 heteroatoms. The summed E-state index contributed by atoms with van der Waals surface area (Å²) < 4.78 is 7.01. The summed E-state index contributed by atoms with van der Waals surface area (Å²) in [4.78, 5) is 45.0. The largest absolute Gasteiger partial charge is 0.384 e. The molecule has 0 aliphatic carbocycles. The van der Waals surface area contributed by atoms with Crippen molar-refractivity contribution >= 4 is 29.0 Å². The molecule has 0 saturated carbocycles. The lowest BCUT2D eigenvalue weighted by atomic mass is 9.97. The van der Waals surface area contributed by atoms with Gasteiger partial charge in [0.1, 0.15) is 28.7 Å². The minimum Gasteiger partial charge on any atom is -0.384 e. The van der Waals surface area contributed by atoms with Gasteiger partial charge in [-0.25, -0.2) is 15.0 Å². The van der Waals surface area contributed by atoms with Gasteiger partial charge in [-0.15, -0.1) is 0 Å². The number of hydrogen-bond acceptors (Lipinski definition) is 8. The maximum absolute atomic E-state index is 12.6. The van der Waals surface area contributed by atoms with E-state index in [0.29, 0.717) is 53.7 Å². The molecule has 190 valence electrons. The Bertz CT molecular complexity index is 1400. The molecule has 4 aromatic rings. The van der Waals surface area contributed by atoms with Crippen LogP contribution in [0.4, 0.5) is 11.6 Å². The van der Waals surface area contributed by atoms with Crippen LogP contribution in [-0.4, -0.2) is 67.9 Å². The minimum atomic E-state index is -0.310. The van der Waals surface area contributed by atoms with Crippen molar-refractivity contribution in [2.45, 2.75) is 25.2 Å². The summed E-state index contributed by atoms with van der Waals surface area (Å²) in [5, 5.41) is 2.75. The van der Waals surface area contributed by atoms with Crippen molar-refractivity contribution in [1.29, 1.82) is 0 Å². The molecule has 1 aliphatic rings. The van der Waals surface area contributed by atoms with Crippen molar-refractivity contribution in [3.8, 4) is 11.4 Å². The highest BCUT2D eigenvalue weighted by atomic mass is 16.5. The Kier molecular flexibility index (Phi) is 7.04. The molecule has 11 nitrogen and oxygen atoms in total. The number of piperidine rings is 1. The Hall–Kier alpha value is -4.38. The summed E-state index contributed by atoms with van der Waals surface area (Å²) in [7, 11) is 1.59. The number of nitrogens with one attached hydrogen (secondary N) is 1. The molecule has 1 fully saturated rings. The van der Waals surface area contributed by atoms with Gasteiger partial charge < -0.3 is 20.7 Å². The van der Waals surface area contributed by atoms with E-state index in [4.69, 9.17) is 15.5 Å². The Morgan fingerprint density at radius 3 is 2.81 bits per heavy atom. The van der Waals surface area contributed by atoms with Crippen molar-refractivity contribution in [3.63, 3.8) is 0 Å². The molecule has 1 atom stereocenters. The predicted molar refractivity (Wildman–Crippen MR) is 138 cm³/mol. The number of aromatic nitrogens is 5. The third kappa shape index (κ3) is 5.12. The Balaban J connectivity index is 1.43. The smallest absolute Gasteiger partial charge is 0.258 e. The molecule has 3 N–H and O–H groups in total. The van der Waals surface area contributed by atoms with Crippen molar-refractivity contribution in [2.24, 2.45) is 0 Å². The maximum Gasteiger partial charge on any atom is 0.258 e. The Morgan fingerprint density at radius 1 is 1.16 bits per heavy atom. The van der Waals surface area contributed by atoms with Crippen molar-refractivity contribution in [3.05, 3.63) is 66.5 Å². The molecule has 5 heterocycles. The number of carbonyl (C=O) groups is 2. The first-order valence-electron chi connectivity index (χ1n) is 12.1. The monoisotopic (exact) mass is 500 g/mol. The predicted octanol–water partition coefficient (Wildman–Crippen LogP) is 2.76. The fourth-order valence-electron chi connectivity index (χ4n) is 4.61. The number of imidazole rings is 1. The van der Waals surface area contributed by atoms with Gasteiger partial charge >= 0.3 is 0 Å². The fraction of sp³-hybridized carbons (Fsp3) is 0.308. The van der Waals surface area contributed by atoms with E-state index in [9.17, 15) is 9.59 Å². The normalized spacial score (nSPS) is 15.6. The highest BCUT2D eigenvalue weighted by Gasteiger charge is 2.29. The van der Waals surface area contributed by atoms with Crippen LogP contribution in [0.3, 0.4) is 0 Å². The third-order valence-electron chi connectivity index (χ3n) is 6.44. The quantitative estimate of drug-likeness (QED) is 0.395. The number of fused-ring (bicyclic) bond motifs is 1. The van der Waals surface area contributed by atoms with Crippen LogP contribution in [0.15, 0.2) is 55.1 Å². The molecular weight excluding hydrogens is 472 g/mol. The lowest BCUT2D eigenvalue weighted by molar-refractivity contribution is -0.133. The highest BCUT2D eigenvalue weighted by Crippen LogP contribution is 2.33. The van der Waals surface area contributed by atoms with Gasteiger partial charge in [-0.05, 0) is 37.1 Å². The lowest BCUT2D eigenvalue weighted by Crippen LogP contribution is -2.39. The zero-order valence-electron chi connectivity index (χ0n) is 20.5. The fourth-order valence-corrected chi connectivity index (χ4v) is 4.61. The third-order valence-corrected chi connectivity index (χ3v) is 6.44. The number of rotatable bonds is 7. The zero-order valence-corrected chi connectivity index (χ0v) is 20.5. The molecule has 0 spiro atoms. The number of likely N-dealkylation sites (tertiary alicyclic amines) is 1. The van der Waals surface area contributed by atoms with E-state index in [1.54, 1.807) is 49.8 Å². The van der Waals surface area contributed by atoms with Crippen molar-refractivity contribution < 1.29 is 14.3 Å². The number of nitrogen functional groups attached to an aromatic ring is 1. The van der Waals surface area contributed by atoms with Crippen LogP contribution in [0.1, 0.15) is 41.4 Å². The molecule has 2 amide bonds. The van der Waals surface area contributed by atoms with Crippen LogP contribution in [0.2, 0.25) is 0 Å². The molecule has 4 aromatic heterocycles. The number of nitrogens with two attached hydrogens (primary N) is 1. The number of amides is 2. The average molecular weight is 501 g/mol. The lowest BCUT2D eigenvalue weighted by Gasteiger charge is -2.32. The summed E-state index contributed by atoms with van der Waals surface area (Å²) in [5.41, 5.74) is 8.48. The molecule has 0 bridgehead atoms. The van der Waals surface area contributed by atoms with Gasteiger partial charge in [0.15, 0.2) is 0 Å². The van der Waals surface area contributed by atoms with Crippen LogP contribution in [0, 0.1) is 0 Å². The molecule has 0 aromatic carbocycles. The summed E-state index contributed by atoms with van der Waals surface area (Å²) in [6, 6.07) is 8.72. The standard InChI is InChI=1S/C26H28N8O3/c1-37-14-9-21(35)33-12-4-5-18(16-33)25-32-22(23-24(27)29-11-13-34(23)25)19-8-7-17(15-30-19)26(36)31-20-6-2-3-10-28-20/h2-3,6-8,10-11,13,15,18H,4-5,9,12,14,16H2,1H3,(H2,27,29)(H,28,31,36). The topological polar surface area (TPSA) is 141 Å². The Morgan fingerprint density at radius 2 is 2.05 bits per heavy atom. The van der Waals surface area contributed by atoms with Crippen LogP contribution < -0.4 is 11.1 Å². The van der Waals surface area contributed by atoms with Crippen LogP contribution in [0.5, 0.6) is 0 Å². The number of carbonyl (C=O) groups excluding carboxylic acids is 2. The van der Waals surface area contributed by atoms with Crippen LogP contribution in [0.25, 0.3) is 16.9 Å². The average Bonchev–Trinajstić information content (AvgIpc) is 3.33. The van der Waals surface area contributed by atoms with E-state index in [1.165, 1.54) is 6.20 Å². The van der Waals surface area contributed by atoms with Gasteiger partial charge in [0.25, 0.3) is 5.91 Å². The maximum atomic E-state index is 12.6. The Labute approximate surface area is 213 Å². The van der Waals surface area contributed by atoms with Crippen LogP contribution in [-0.2, 0) is 9.53 Å². The number of pyridine rings is 2. The minimum absolute atomic E-state index is 0.0340. The second-order valence-corrected chi connectivity index (χ2v) is 8.87. The first-order valence-corrected chi connectivity index (χ1v) is 12.1. The van der Waals surface area contributed by atoms with E-state index in [0.717, 1.165) is 25.2 Å². The molecular formula is C26H28N8O3. The highest BCUT2D eigenvalue weighted by molar-refractivity contribution is 6.03. The van der Waals surface area contributed by atoms with E-state index in [-0.39, 0.29) is 17.7 Å². The van der Waals surface area contributed by atoms with Gasteiger partial charge in [0, 0.05) is 50.9 Å². The van der Waals surface area contributed by atoms with E-state index in [2.05, 4.69) is 20.3 Å². The molecule has 1 unspecified atom stereocenters. The second-order valence-electron chi connectivity index (χ2n) is 8.87. The molecule has 1 saturated heterocycles. The summed E-state index contributed by atoms with van der Waals surface area (Å²) in [6.07, 6.45) is 8.72. The number of nitrogens with zero attached hydrogens (tertiary/aromatic N) is 6. The van der Waals surface area contributed by atoms with Gasteiger partial charge in [0.2, 0.25) is 5.91 Å². The number of hydrogen-bond donors (Lipinski definition) is 2. The molecule has 0 radical (unpaired) electrons. The summed E-state index contributed by atoms with van der Waals surface area (Å²) >= 11 is 0. The van der Waals surface area contributed by atoms with Gasteiger partial charge in [-0.1, -0.05) is 6.07 Å². The van der Waals surface area contributed by atoms with Crippen molar-refractivity contribution in [2.75, 3.05) is 37.9 Å². The van der Waals surface area contributed by atoms with E-state index >= 15 is 0 Å². The molecule has 37 heavy (non-hydrogen) atoms. The van der Waals surface area contributed by atoms with Gasteiger partial charge in [-0.3, -0.25) is 19.0 Å². The SMILES string of the molecule is COCCC(=O)N1CCCC(c2nc(-c3ccc(C(=O)Nc4ccccn4)cn3)c3c(N)nccn23)C1. The summed E-state index contributed by atoms with van der Waals surface area (Å²) in [6.45, 7) is 1.70. The van der Waals surface area contributed by atoms with E-state index < -0.39 is 0 Å². The number of anilines is 2. The molecule has 1 aliphatic heterocycles. The summed E-state index contributed by atoms with van der Waals surface area (Å²) in [5.74, 6) is 1.40. The van der Waals surface area contributed by atoms with E-state index in [1.807, 2.05) is 15.5 Å².